The van der Waals surface area contributed by atoms with Crippen molar-refractivity contribution >= 4 is 5.69 Å². The predicted octanol–water partition coefficient (Wildman–Crippen LogP) is 2.16. The molecule has 0 saturated heterocycles. The van der Waals surface area contributed by atoms with E-state index in [0.717, 1.165) is 19.6 Å². The van der Waals surface area contributed by atoms with Gasteiger partial charge in [0, 0.05) is 32.0 Å². The molecule has 0 bridgehead atoms. The van der Waals surface area contributed by atoms with E-state index in [1.807, 2.05) is 24.5 Å². The van der Waals surface area contributed by atoms with Gasteiger partial charge in [-0.25, -0.2) is 5.01 Å². The molecule has 1 aromatic heterocycles. The first-order valence-corrected chi connectivity index (χ1v) is 5.25. The van der Waals surface area contributed by atoms with Crippen molar-refractivity contribution in [1.29, 1.82) is 0 Å². The van der Waals surface area contributed by atoms with E-state index in [0.29, 0.717) is 0 Å². The minimum absolute atomic E-state index is 0.992. The van der Waals surface area contributed by atoms with Gasteiger partial charge in [0.1, 0.15) is 0 Å². The molecule has 0 spiro atoms. The number of pyridine rings is 1. The summed E-state index contributed by atoms with van der Waals surface area (Å²) >= 11 is 0. The Labute approximate surface area is 86.3 Å². The van der Waals surface area contributed by atoms with Crippen LogP contribution in [0.2, 0.25) is 0 Å². The maximum absolute atomic E-state index is 4.03. The Morgan fingerprint density at radius 2 is 1.57 bits per heavy atom. The summed E-state index contributed by atoms with van der Waals surface area (Å²) in [5, 5.41) is 4.59. The fourth-order valence-corrected chi connectivity index (χ4v) is 1.63. The second-order valence-electron chi connectivity index (χ2n) is 3.06. The third-order valence-corrected chi connectivity index (χ3v) is 2.33. The van der Waals surface area contributed by atoms with Gasteiger partial charge in [-0.15, -0.1) is 0 Å². The van der Waals surface area contributed by atoms with Crippen LogP contribution in [-0.4, -0.2) is 29.6 Å². The van der Waals surface area contributed by atoms with E-state index < -0.39 is 0 Å². The molecule has 3 nitrogen and oxygen atoms in total. The molecular weight excluding hydrogens is 174 g/mol. The fourth-order valence-electron chi connectivity index (χ4n) is 1.63. The van der Waals surface area contributed by atoms with Gasteiger partial charge in [0.05, 0.1) is 5.69 Å². The second-order valence-corrected chi connectivity index (χ2v) is 3.06. The van der Waals surface area contributed by atoms with E-state index >= 15 is 0 Å². The highest BCUT2D eigenvalue weighted by molar-refractivity contribution is 5.43. The SMILES string of the molecule is CCN(CC)N(CC)c1ccncc1. The molecule has 0 aliphatic carbocycles. The van der Waals surface area contributed by atoms with Crippen molar-refractivity contribution in [1.82, 2.24) is 9.99 Å². The zero-order chi connectivity index (χ0) is 10.4. The maximum Gasteiger partial charge on any atom is 0.0552 e. The molecule has 0 saturated carbocycles. The fraction of sp³-hybridized carbons (Fsp3) is 0.545. The Morgan fingerprint density at radius 3 is 2.00 bits per heavy atom. The lowest BCUT2D eigenvalue weighted by Gasteiger charge is -2.34. The molecule has 1 heterocycles. The summed E-state index contributed by atoms with van der Waals surface area (Å²) in [6.45, 7) is 9.57. The molecule has 78 valence electrons. The first-order chi connectivity index (χ1) is 6.83. The minimum atomic E-state index is 0.992. The van der Waals surface area contributed by atoms with Crippen LogP contribution in [-0.2, 0) is 0 Å². The Morgan fingerprint density at radius 1 is 1.00 bits per heavy atom. The van der Waals surface area contributed by atoms with Gasteiger partial charge in [0.15, 0.2) is 0 Å². The molecule has 0 aromatic carbocycles. The van der Waals surface area contributed by atoms with E-state index in [4.69, 9.17) is 0 Å². The molecule has 0 fully saturated rings. The lowest BCUT2D eigenvalue weighted by molar-refractivity contribution is 0.279. The number of hydrazine groups is 1. The average molecular weight is 193 g/mol. The molecule has 0 unspecified atom stereocenters. The number of hydrogen-bond acceptors (Lipinski definition) is 3. The van der Waals surface area contributed by atoms with Crippen LogP contribution in [0.1, 0.15) is 20.8 Å². The van der Waals surface area contributed by atoms with Crippen LogP contribution in [0, 0.1) is 0 Å². The van der Waals surface area contributed by atoms with Crippen molar-refractivity contribution in [2.75, 3.05) is 24.6 Å². The summed E-state index contributed by atoms with van der Waals surface area (Å²) < 4.78 is 0. The normalized spacial score (nSPS) is 10.6. The van der Waals surface area contributed by atoms with E-state index in [9.17, 15) is 0 Å². The van der Waals surface area contributed by atoms with Crippen LogP contribution < -0.4 is 5.01 Å². The molecule has 0 atom stereocenters. The smallest absolute Gasteiger partial charge is 0.0552 e. The molecule has 1 aromatic rings. The van der Waals surface area contributed by atoms with E-state index in [-0.39, 0.29) is 0 Å². The van der Waals surface area contributed by atoms with Gasteiger partial charge in [-0.1, -0.05) is 13.8 Å². The summed E-state index contributed by atoms with van der Waals surface area (Å²) in [5.74, 6) is 0. The number of nitrogens with zero attached hydrogens (tertiary/aromatic N) is 3. The Hall–Kier alpha value is -1.09. The Balaban J connectivity index is 2.81. The van der Waals surface area contributed by atoms with Crippen LogP contribution >= 0.6 is 0 Å². The van der Waals surface area contributed by atoms with Crippen molar-refractivity contribution in [2.45, 2.75) is 20.8 Å². The topological polar surface area (TPSA) is 19.4 Å². The number of anilines is 1. The standard InChI is InChI=1S/C11H19N3/c1-4-13(5-2)14(6-3)11-7-9-12-10-8-11/h7-10H,4-6H2,1-3H3. The molecule has 0 N–H and O–H groups in total. The summed E-state index contributed by atoms with van der Waals surface area (Å²) in [7, 11) is 0. The van der Waals surface area contributed by atoms with Crippen LogP contribution in [0.4, 0.5) is 5.69 Å². The Kier molecular flexibility index (Phi) is 4.40. The van der Waals surface area contributed by atoms with Gasteiger partial charge in [-0.2, -0.15) is 0 Å². The van der Waals surface area contributed by atoms with Crippen LogP contribution in [0.5, 0.6) is 0 Å². The highest BCUT2D eigenvalue weighted by Gasteiger charge is 2.09. The van der Waals surface area contributed by atoms with Gasteiger partial charge < -0.3 is 5.01 Å². The lowest BCUT2D eigenvalue weighted by Crippen LogP contribution is -2.42. The van der Waals surface area contributed by atoms with Gasteiger partial charge in [-0.05, 0) is 19.1 Å². The molecular formula is C11H19N3. The summed E-state index contributed by atoms with van der Waals surface area (Å²) in [6, 6.07) is 4.09. The zero-order valence-corrected chi connectivity index (χ0v) is 9.27. The van der Waals surface area contributed by atoms with Gasteiger partial charge in [-0.3, -0.25) is 4.98 Å². The van der Waals surface area contributed by atoms with Crippen molar-refractivity contribution in [3.63, 3.8) is 0 Å². The number of hydrogen-bond donors (Lipinski definition) is 0. The lowest BCUT2D eigenvalue weighted by atomic mass is 10.4. The highest BCUT2D eigenvalue weighted by Crippen LogP contribution is 2.13. The van der Waals surface area contributed by atoms with Crippen molar-refractivity contribution in [3.05, 3.63) is 24.5 Å². The number of aromatic nitrogens is 1. The van der Waals surface area contributed by atoms with Crippen LogP contribution in [0.3, 0.4) is 0 Å². The Bertz CT molecular complexity index is 244. The van der Waals surface area contributed by atoms with E-state index in [2.05, 4.69) is 35.8 Å². The highest BCUT2D eigenvalue weighted by atomic mass is 15.6. The first kappa shape index (κ1) is 11.0. The monoisotopic (exact) mass is 193 g/mol. The van der Waals surface area contributed by atoms with Crippen molar-refractivity contribution in [3.8, 4) is 0 Å². The summed E-state index contributed by atoms with van der Waals surface area (Å²) in [4.78, 5) is 4.03. The molecule has 1 rings (SSSR count). The third-order valence-electron chi connectivity index (χ3n) is 2.33. The maximum atomic E-state index is 4.03. The third kappa shape index (κ3) is 2.45. The molecule has 0 aliphatic heterocycles. The largest absolute Gasteiger partial charge is 0.306 e. The zero-order valence-electron chi connectivity index (χ0n) is 9.27. The van der Waals surface area contributed by atoms with Gasteiger partial charge in [0.25, 0.3) is 0 Å². The van der Waals surface area contributed by atoms with Crippen LogP contribution in [0.25, 0.3) is 0 Å². The van der Waals surface area contributed by atoms with Gasteiger partial charge >= 0.3 is 0 Å². The average Bonchev–Trinajstić information content (AvgIpc) is 2.27. The second kappa shape index (κ2) is 5.60. The first-order valence-electron chi connectivity index (χ1n) is 5.25. The van der Waals surface area contributed by atoms with Crippen molar-refractivity contribution in [2.24, 2.45) is 0 Å². The molecule has 0 radical (unpaired) electrons. The molecule has 3 heteroatoms. The van der Waals surface area contributed by atoms with Gasteiger partial charge in [0.2, 0.25) is 0 Å². The van der Waals surface area contributed by atoms with E-state index in [1.54, 1.807) is 0 Å². The number of rotatable bonds is 5. The molecule has 14 heavy (non-hydrogen) atoms. The quantitative estimate of drug-likeness (QED) is 0.668. The predicted molar refractivity (Wildman–Crippen MR) is 60.2 cm³/mol. The van der Waals surface area contributed by atoms with E-state index in [1.165, 1.54) is 5.69 Å². The summed E-state index contributed by atoms with van der Waals surface area (Å²) in [5.41, 5.74) is 1.21. The van der Waals surface area contributed by atoms with Crippen LogP contribution in [0.15, 0.2) is 24.5 Å². The molecule has 0 aliphatic rings. The minimum Gasteiger partial charge on any atom is -0.306 e. The molecule has 0 amide bonds. The van der Waals surface area contributed by atoms with Crippen molar-refractivity contribution < 1.29 is 0 Å². The summed E-state index contributed by atoms with van der Waals surface area (Å²) in [6.07, 6.45) is 3.67.